The van der Waals surface area contributed by atoms with E-state index in [1.807, 2.05) is 0 Å². The molecule has 4 heteroatoms. The van der Waals surface area contributed by atoms with Crippen LogP contribution < -0.4 is 0 Å². The van der Waals surface area contributed by atoms with E-state index in [1.165, 1.54) is 6.07 Å². The van der Waals surface area contributed by atoms with Crippen LogP contribution in [-0.4, -0.2) is 20.4 Å². The summed E-state index contributed by atoms with van der Waals surface area (Å²) in [7, 11) is 0. The predicted molar refractivity (Wildman–Crippen MR) is 91.5 cm³/mol. The molecule has 0 amide bonds. The minimum absolute atomic E-state index is 0.0333. The maximum atomic E-state index is 10.4. The van der Waals surface area contributed by atoms with Gasteiger partial charge in [0.2, 0.25) is 0 Å². The van der Waals surface area contributed by atoms with Crippen LogP contribution in [-0.2, 0) is 5.41 Å². The van der Waals surface area contributed by atoms with Crippen molar-refractivity contribution in [3.8, 4) is 23.0 Å². The Bertz CT molecular complexity index is 841. The Kier molecular flexibility index (Phi) is 3.81. The minimum Gasteiger partial charge on any atom is -0.508 e. The van der Waals surface area contributed by atoms with Gasteiger partial charge in [0.1, 0.15) is 11.5 Å². The van der Waals surface area contributed by atoms with Crippen LogP contribution in [0.15, 0.2) is 66.7 Å². The number of hydrogen-bond acceptors (Lipinski definition) is 4. The highest BCUT2D eigenvalue weighted by atomic mass is 16.3. The molecule has 0 aliphatic carbocycles. The summed E-state index contributed by atoms with van der Waals surface area (Å²) in [6, 6.07) is 18.2. The zero-order valence-corrected chi connectivity index (χ0v) is 13.1. The highest BCUT2D eigenvalue weighted by Gasteiger charge is 2.38. The van der Waals surface area contributed by atoms with Gasteiger partial charge in [0.25, 0.3) is 0 Å². The molecule has 0 spiro atoms. The fourth-order valence-electron chi connectivity index (χ4n) is 3.16. The van der Waals surface area contributed by atoms with Gasteiger partial charge in [0.15, 0.2) is 11.5 Å². The van der Waals surface area contributed by atoms with Crippen molar-refractivity contribution < 1.29 is 20.4 Å². The van der Waals surface area contributed by atoms with Crippen LogP contribution in [0.4, 0.5) is 0 Å². The van der Waals surface area contributed by atoms with Gasteiger partial charge in [-0.1, -0.05) is 48.5 Å². The van der Waals surface area contributed by atoms with Gasteiger partial charge in [0, 0.05) is 16.7 Å². The summed E-state index contributed by atoms with van der Waals surface area (Å²) in [4.78, 5) is 0. The second-order valence-electron chi connectivity index (χ2n) is 5.83. The molecule has 0 aromatic heterocycles. The van der Waals surface area contributed by atoms with E-state index in [1.54, 1.807) is 67.6 Å². The van der Waals surface area contributed by atoms with Gasteiger partial charge in [0.05, 0.1) is 5.41 Å². The first-order chi connectivity index (χ1) is 11.5. The Morgan fingerprint density at radius 1 is 0.542 bits per heavy atom. The molecule has 0 aliphatic rings. The summed E-state index contributed by atoms with van der Waals surface area (Å²) >= 11 is 0. The van der Waals surface area contributed by atoms with Crippen molar-refractivity contribution in [3.63, 3.8) is 0 Å². The third kappa shape index (κ3) is 2.33. The van der Waals surface area contributed by atoms with Gasteiger partial charge in [-0.3, -0.25) is 0 Å². The molecule has 3 aromatic carbocycles. The standard InChI is InChI=1S/C20H18O4/c1-20(13-7-2-4-10-16(13)21,14-8-3-5-11-17(14)22)15-9-6-12-18(23)19(15)24/h2-12,21-24H,1H3. The number of phenolic OH excluding ortho intramolecular Hbond substituents is 4. The SMILES string of the molecule is CC(c1ccccc1O)(c1ccccc1O)c1cccc(O)c1O. The lowest BCUT2D eigenvalue weighted by Gasteiger charge is -2.33. The van der Waals surface area contributed by atoms with Crippen molar-refractivity contribution in [2.24, 2.45) is 0 Å². The number of phenols is 4. The van der Waals surface area contributed by atoms with Gasteiger partial charge < -0.3 is 20.4 Å². The monoisotopic (exact) mass is 322 g/mol. The van der Waals surface area contributed by atoms with E-state index < -0.39 is 5.41 Å². The summed E-state index contributed by atoms with van der Waals surface area (Å²) in [5.74, 6) is -0.479. The molecular formula is C20H18O4. The van der Waals surface area contributed by atoms with Crippen LogP contribution in [0, 0.1) is 0 Å². The zero-order valence-electron chi connectivity index (χ0n) is 13.1. The van der Waals surface area contributed by atoms with Gasteiger partial charge in [-0.15, -0.1) is 0 Å². The lowest BCUT2D eigenvalue weighted by Crippen LogP contribution is -2.25. The molecule has 3 rings (SSSR count). The van der Waals surface area contributed by atoms with Crippen molar-refractivity contribution in [1.82, 2.24) is 0 Å². The lowest BCUT2D eigenvalue weighted by atomic mass is 9.70. The van der Waals surface area contributed by atoms with E-state index in [9.17, 15) is 20.4 Å². The smallest absolute Gasteiger partial charge is 0.161 e. The second-order valence-corrected chi connectivity index (χ2v) is 5.83. The molecule has 0 saturated heterocycles. The fourth-order valence-corrected chi connectivity index (χ4v) is 3.16. The van der Waals surface area contributed by atoms with Gasteiger partial charge >= 0.3 is 0 Å². The molecule has 0 bridgehead atoms. The van der Waals surface area contributed by atoms with Crippen LogP contribution >= 0.6 is 0 Å². The van der Waals surface area contributed by atoms with Gasteiger partial charge in [-0.2, -0.15) is 0 Å². The van der Waals surface area contributed by atoms with Crippen LogP contribution in [0.2, 0.25) is 0 Å². The lowest BCUT2D eigenvalue weighted by molar-refractivity contribution is 0.389. The highest BCUT2D eigenvalue weighted by Crippen LogP contribution is 2.49. The van der Waals surface area contributed by atoms with Gasteiger partial charge in [-0.25, -0.2) is 0 Å². The largest absolute Gasteiger partial charge is 0.508 e. The molecule has 0 unspecified atom stereocenters. The summed E-state index contributed by atoms with van der Waals surface area (Å²) in [5.41, 5.74) is 0.324. The minimum atomic E-state index is -1.07. The van der Waals surface area contributed by atoms with E-state index in [0.29, 0.717) is 16.7 Å². The Morgan fingerprint density at radius 3 is 1.46 bits per heavy atom. The number of hydrogen-bond donors (Lipinski definition) is 4. The van der Waals surface area contributed by atoms with Crippen molar-refractivity contribution in [2.75, 3.05) is 0 Å². The van der Waals surface area contributed by atoms with Crippen LogP contribution in [0.1, 0.15) is 23.6 Å². The van der Waals surface area contributed by atoms with Crippen molar-refractivity contribution in [1.29, 1.82) is 0 Å². The van der Waals surface area contributed by atoms with Crippen molar-refractivity contribution in [2.45, 2.75) is 12.3 Å². The molecule has 3 aromatic rings. The molecule has 0 fully saturated rings. The molecule has 0 aliphatic heterocycles. The quantitative estimate of drug-likeness (QED) is 0.436. The summed E-state index contributed by atoms with van der Waals surface area (Å²) in [5, 5.41) is 41.1. The number of aromatic hydroxyl groups is 4. The first-order valence-electron chi connectivity index (χ1n) is 7.54. The van der Waals surface area contributed by atoms with Crippen LogP contribution in [0.3, 0.4) is 0 Å². The van der Waals surface area contributed by atoms with E-state index in [0.717, 1.165) is 0 Å². The Morgan fingerprint density at radius 2 is 0.958 bits per heavy atom. The summed E-state index contributed by atoms with van der Waals surface area (Å²) in [6.45, 7) is 1.78. The maximum absolute atomic E-state index is 10.4. The molecular weight excluding hydrogens is 304 g/mol. The highest BCUT2D eigenvalue weighted by molar-refractivity contribution is 5.62. The molecule has 0 atom stereocenters. The third-order valence-electron chi connectivity index (χ3n) is 4.44. The second kappa shape index (κ2) is 5.81. The topological polar surface area (TPSA) is 80.9 Å². The Balaban J connectivity index is 2.41. The van der Waals surface area contributed by atoms with E-state index in [2.05, 4.69) is 0 Å². The molecule has 4 N–H and O–H groups in total. The van der Waals surface area contributed by atoms with E-state index in [4.69, 9.17) is 0 Å². The van der Waals surface area contributed by atoms with Crippen molar-refractivity contribution >= 4 is 0 Å². The van der Waals surface area contributed by atoms with Crippen molar-refractivity contribution in [3.05, 3.63) is 83.4 Å². The van der Waals surface area contributed by atoms with Crippen LogP contribution in [0.25, 0.3) is 0 Å². The normalized spacial score (nSPS) is 11.4. The maximum Gasteiger partial charge on any atom is 0.161 e. The average Bonchev–Trinajstić information content (AvgIpc) is 2.57. The zero-order chi connectivity index (χ0) is 17.3. The predicted octanol–water partition coefficient (Wildman–Crippen LogP) is 3.86. The molecule has 4 nitrogen and oxygen atoms in total. The summed E-state index contributed by atoms with van der Waals surface area (Å²) in [6.07, 6.45) is 0. The molecule has 0 saturated carbocycles. The number of para-hydroxylation sites is 3. The van der Waals surface area contributed by atoms with E-state index >= 15 is 0 Å². The Hall–Kier alpha value is -3.14. The Labute approximate surface area is 139 Å². The molecule has 122 valence electrons. The summed E-state index contributed by atoms with van der Waals surface area (Å²) < 4.78 is 0. The van der Waals surface area contributed by atoms with Gasteiger partial charge in [-0.05, 0) is 25.1 Å². The number of benzene rings is 3. The first kappa shape index (κ1) is 15.7. The molecule has 0 radical (unpaired) electrons. The number of rotatable bonds is 3. The average molecular weight is 322 g/mol. The molecule has 0 heterocycles. The molecule has 24 heavy (non-hydrogen) atoms. The van der Waals surface area contributed by atoms with Crippen LogP contribution in [0.5, 0.6) is 23.0 Å². The third-order valence-corrected chi connectivity index (χ3v) is 4.44. The fraction of sp³-hybridized carbons (Fsp3) is 0.100. The first-order valence-corrected chi connectivity index (χ1v) is 7.54. The van der Waals surface area contributed by atoms with E-state index in [-0.39, 0.29) is 23.0 Å².